The van der Waals surface area contributed by atoms with Crippen LogP contribution in [-0.4, -0.2) is 21.8 Å². The average molecular weight is 453 g/mol. The number of carbonyl (C=O) groups is 1. The lowest BCUT2D eigenvalue weighted by atomic mass is 9.82. The van der Waals surface area contributed by atoms with E-state index < -0.39 is 5.54 Å². The van der Waals surface area contributed by atoms with E-state index in [2.05, 4.69) is 10.3 Å². The van der Waals surface area contributed by atoms with Gasteiger partial charge in [0.25, 0.3) is 5.91 Å². The van der Waals surface area contributed by atoms with Gasteiger partial charge in [0.05, 0.1) is 6.54 Å². The number of hydrogen-bond acceptors (Lipinski definition) is 3. The summed E-state index contributed by atoms with van der Waals surface area (Å²) in [7, 11) is 0. The van der Waals surface area contributed by atoms with E-state index in [1.807, 2.05) is 91.0 Å². The highest BCUT2D eigenvalue weighted by Gasteiger charge is 2.52. The summed E-state index contributed by atoms with van der Waals surface area (Å²) < 4.78 is 0. The van der Waals surface area contributed by atoms with Gasteiger partial charge in [-0.05, 0) is 46.0 Å². The van der Waals surface area contributed by atoms with Gasteiger partial charge in [-0.15, -0.1) is 0 Å². The van der Waals surface area contributed by atoms with Crippen molar-refractivity contribution in [2.24, 2.45) is 0 Å². The zero-order chi connectivity index (χ0) is 22.8. The molecule has 5 rings (SSSR count). The number of aromatic nitrogens is 1. The fourth-order valence-corrected chi connectivity index (χ4v) is 4.48. The molecule has 2 N–H and O–H groups in total. The second kappa shape index (κ2) is 8.52. The molecule has 3 aromatic carbocycles. The fourth-order valence-electron chi connectivity index (χ4n) is 4.30. The minimum Gasteiger partial charge on any atom is -0.334 e. The van der Waals surface area contributed by atoms with Gasteiger partial charge < -0.3 is 5.32 Å². The maximum atomic E-state index is 13.9. The van der Waals surface area contributed by atoms with Gasteiger partial charge in [0, 0.05) is 6.20 Å². The van der Waals surface area contributed by atoms with Gasteiger partial charge in [0.15, 0.2) is 11.5 Å². The minimum atomic E-state index is -1.14. The Bertz CT molecular complexity index is 1280. The average Bonchev–Trinajstić information content (AvgIpc) is 3.11. The van der Waals surface area contributed by atoms with Gasteiger partial charge in [-0.3, -0.25) is 15.1 Å². The van der Waals surface area contributed by atoms with E-state index in [9.17, 15) is 4.79 Å². The number of rotatable bonds is 5. The number of carbonyl (C=O) groups excluding carboxylic acids is 1. The molecule has 1 fully saturated rings. The molecule has 1 saturated heterocycles. The Balaban J connectivity index is 1.52. The van der Waals surface area contributed by atoms with Crippen molar-refractivity contribution in [2.45, 2.75) is 12.1 Å². The summed E-state index contributed by atoms with van der Waals surface area (Å²) in [6.45, 7) is 0.277. The summed E-state index contributed by atoms with van der Waals surface area (Å²) in [6, 6.07) is 30.7. The fraction of sp³-hybridized carbons (Fsp3) is 0.0741. The molecule has 0 bridgehead atoms. The van der Waals surface area contributed by atoms with Crippen molar-refractivity contribution in [1.29, 1.82) is 5.41 Å². The van der Waals surface area contributed by atoms with E-state index >= 15 is 0 Å². The molecule has 1 aliphatic heterocycles. The van der Waals surface area contributed by atoms with Crippen LogP contribution in [0.5, 0.6) is 0 Å². The maximum Gasteiger partial charge on any atom is 0.264 e. The van der Waals surface area contributed by atoms with Crippen molar-refractivity contribution in [3.05, 3.63) is 125 Å². The topological polar surface area (TPSA) is 69.1 Å². The highest BCUT2D eigenvalue weighted by Crippen LogP contribution is 2.36. The molecule has 0 atom stereocenters. The largest absolute Gasteiger partial charge is 0.334 e. The molecule has 0 unspecified atom stereocenters. The van der Waals surface area contributed by atoms with Gasteiger partial charge in [-0.2, -0.15) is 0 Å². The minimum absolute atomic E-state index is 0.0741. The third-order valence-corrected chi connectivity index (χ3v) is 6.09. The van der Waals surface area contributed by atoms with Crippen LogP contribution in [0.3, 0.4) is 0 Å². The second-order valence-electron chi connectivity index (χ2n) is 7.91. The van der Waals surface area contributed by atoms with Crippen LogP contribution < -0.4 is 5.32 Å². The Labute approximate surface area is 197 Å². The predicted octanol–water partition coefficient (Wildman–Crippen LogP) is 5.21. The van der Waals surface area contributed by atoms with E-state index in [0.717, 1.165) is 27.8 Å². The van der Waals surface area contributed by atoms with E-state index in [1.54, 1.807) is 12.3 Å². The van der Waals surface area contributed by atoms with Crippen LogP contribution >= 0.6 is 11.6 Å². The summed E-state index contributed by atoms with van der Waals surface area (Å²) in [4.78, 5) is 19.5. The van der Waals surface area contributed by atoms with Gasteiger partial charge in [0.2, 0.25) is 0 Å². The molecule has 162 valence electrons. The van der Waals surface area contributed by atoms with Crippen LogP contribution in [-0.2, 0) is 16.9 Å². The predicted molar refractivity (Wildman–Crippen MR) is 130 cm³/mol. The number of nitrogens with zero attached hydrogens (tertiary/aromatic N) is 2. The summed E-state index contributed by atoms with van der Waals surface area (Å²) in [6.07, 6.45) is 1.67. The maximum absolute atomic E-state index is 13.9. The quantitative estimate of drug-likeness (QED) is 0.408. The molecule has 6 heteroatoms. The number of pyridine rings is 1. The zero-order valence-corrected chi connectivity index (χ0v) is 18.5. The van der Waals surface area contributed by atoms with Crippen LogP contribution in [0.25, 0.3) is 11.1 Å². The summed E-state index contributed by atoms with van der Waals surface area (Å²) in [5.41, 5.74) is 3.29. The summed E-state index contributed by atoms with van der Waals surface area (Å²) in [5.74, 6) is -0.104. The van der Waals surface area contributed by atoms with Crippen molar-refractivity contribution in [3.63, 3.8) is 0 Å². The molecule has 0 radical (unpaired) electrons. The monoisotopic (exact) mass is 452 g/mol. The van der Waals surface area contributed by atoms with Gasteiger partial charge in [-0.25, -0.2) is 4.98 Å². The third kappa shape index (κ3) is 3.77. The standard InChI is InChI=1S/C27H21ClN4O/c28-24-17-21(14-15-30-24)20-9-7-8-19(16-20)18-32-25(33)27(31-26(32)29,22-10-3-1-4-11-22)23-12-5-2-6-13-23/h1-17H,18H2,(H2,29,31). The molecule has 33 heavy (non-hydrogen) atoms. The van der Waals surface area contributed by atoms with Crippen molar-refractivity contribution >= 4 is 23.5 Å². The van der Waals surface area contributed by atoms with Crippen LogP contribution in [0.1, 0.15) is 16.7 Å². The first kappa shape index (κ1) is 20.9. The van der Waals surface area contributed by atoms with Crippen molar-refractivity contribution in [2.75, 3.05) is 0 Å². The number of amides is 1. The molecule has 0 saturated carbocycles. The first-order valence-electron chi connectivity index (χ1n) is 10.6. The van der Waals surface area contributed by atoms with E-state index in [4.69, 9.17) is 17.0 Å². The Morgan fingerprint density at radius 3 is 2.12 bits per heavy atom. The van der Waals surface area contributed by atoms with Gasteiger partial charge in [-0.1, -0.05) is 90.5 Å². The molecule has 0 spiro atoms. The Hall–Kier alpha value is -3.96. The molecule has 1 aromatic heterocycles. The molecule has 1 amide bonds. The van der Waals surface area contributed by atoms with Gasteiger partial charge in [0.1, 0.15) is 5.15 Å². The lowest BCUT2D eigenvalue weighted by molar-refractivity contribution is -0.130. The Kier molecular flexibility index (Phi) is 5.40. The summed E-state index contributed by atoms with van der Waals surface area (Å²) in [5, 5.41) is 12.3. The first-order chi connectivity index (χ1) is 16.1. The van der Waals surface area contributed by atoms with Gasteiger partial charge >= 0.3 is 0 Å². The first-order valence-corrected chi connectivity index (χ1v) is 11.0. The molecule has 1 aliphatic rings. The van der Waals surface area contributed by atoms with Crippen molar-refractivity contribution in [1.82, 2.24) is 15.2 Å². The highest BCUT2D eigenvalue weighted by atomic mass is 35.5. The lowest BCUT2D eigenvalue weighted by Gasteiger charge is -2.28. The Morgan fingerprint density at radius 2 is 1.48 bits per heavy atom. The normalized spacial score (nSPS) is 14.9. The number of halogens is 1. The van der Waals surface area contributed by atoms with Crippen LogP contribution in [0.15, 0.2) is 103 Å². The second-order valence-corrected chi connectivity index (χ2v) is 8.30. The highest BCUT2D eigenvalue weighted by molar-refractivity contribution is 6.29. The molecule has 0 aliphatic carbocycles. The molecular formula is C27H21ClN4O. The number of hydrogen-bond donors (Lipinski definition) is 2. The number of guanidine groups is 1. The molecule has 5 nitrogen and oxygen atoms in total. The number of benzene rings is 3. The van der Waals surface area contributed by atoms with E-state index in [1.165, 1.54) is 4.90 Å². The number of nitrogens with one attached hydrogen (secondary N) is 2. The smallest absolute Gasteiger partial charge is 0.264 e. The Morgan fingerprint density at radius 1 is 0.848 bits per heavy atom. The molecule has 4 aromatic rings. The SMILES string of the molecule is N=C1NC(c2ccccc2)(c2ccccc2)C(=O)N1Cc1cccc(-c2ccnc(Cl)c2)c1. The van der Waals surface area contributed by atoms with Crippen LogP contribution in [0, 0.1) is 5.41 Å². The van der Waals surface area contributed by atoms with Crippen LogP contribution in [0.4, 0.5) is 0 Å². The third-order valence-electron chi connectivity index (χ3n) is 5.88. The van der Waals surface area contributed by atoms with Crippen LogP contribution in [0.2, 0.25) is 5.15 Å². The molecular weight excluding hydrogens is 432 g/mol. The van der Waals surface area contributed by atoms with E-state index in [0.29, 0.717) is 5.15 Å². The summed E-state index contributed by atoms with van der Waals surface area (Å²) >= 11 is 6.06. The van der Waals surface area contributed by atoms with Crippen molar-refractivity contribution < 1.29 is 4.79 Å². The zero-order valence-electron chi connectivity index (χ0n) is 17.7. The van der Waals surface area contributed by atoms with E-state index in [-0.39, 0.29) is 18.4 Å². The lowest BCUT2D eigenvalue weighted by Crippen LogP contribution is -2.45. The van der Waals surface area contributed by atoms with Crippen molar-refractivity contribution in [3.8, 4) is 11.1 Å². The molecule has 2 heterocycles.